The van der Waals surface area contributed by atoms with Gasteiger partial charge in [-0.05, 0) is 11.4 Å². The maximum atomic E-state index is 10.1. The van der Waals surface area contributed by atoms with E-state index in [1.807, 2.05) is 0 Å². The number of rotatable bonds is 1. The van der Waals surface area contributed by atoms with Crippen molar-refractivity contribution < 1.29 is 8.91 Å². The molecule has 0 aliphatic rings. The van der Waals surface area contributed by atoms with Gasteiger partial charge in [-0.25, -0.2) is 0 Å². The first-order valence-electron chi connectivity index (χ1n) is 3.18. The van der Waals surface area contributed by atoms with Crippen molar-refractivity contribution in [3.63, 3.8) is 0 Å². The van der Waals surface area contributed by atoms with Gasteiger partial charge in [-0.15, -0.1) is 11.3 Å². The third-order valence-corrected chi connectivity index (χ3v) is 1.13. The Kier molecular flexibility index (Phi) is 0.564. The van der Waals surface area contributed by atoms with Gasteiger partial charge in [0.15, 0.2) is 6.29 Å². The summed E-state index contributed by atoms with van der Waals surface area (Å²) in [5, 5.41) is -0.0212. The second kappa shape index (κ2) is 1.89. The van der Waals surface area contributed by atoms with E-state index in [1.54, 1.807) is 0 Å². The molecule has 0 unspecified atom stereocenters. The smallest absolute Gasteiger partial charge is 0.159 e. The zero-order valence-electron chi connectivity index (χ0n) is 6.39. The lowest BCUT2D eigenvalue weighted by atomic mass is 10.5. The molecule has 1 heterocycles. The average Bonchev–Trinajstić information content (AvgIpc) is 2.17. The van der Waals surface area contributed by atoms with Crippen molar-refractivity contribution in [1.29, 1.82) is 0 Å². The molecule has 0 atom stereocenters. The first-order chi connectivity index (χ1) is 4.66. The lowest BCUT2D eigenvalue weighted by molar-refractivity contribution is 0.112. The summed E-state index contributed by atoms with van der Waals surface area (Å²) in [4.78, 5) is 10.3. The van der Waals surface area contributed by atoms with Crippen LogP contribution in [0, 0.1) is 0 Å². The zero-order valence-corrected chi connectivity index (χ0v) is 4.21. The number of hydrogen-bond donors (Lipinski definition) is 0. The SMILES string of the molecule is [2H]c1sc(C=O)c([2H])c1[2H]. The Hall–Kier alpha value is -0.630. The van der Waals surface area contributed by atoms with E-state index in [4.69, 9.17) is 4.11 Å². The molecule has 7 heavy (non-hydrogen) atoms. The van der Waals surface area contributed by atoms with Crippen LogP contribution in [0.2, 0.25) is 0 Å². The van der Waals surface area contributed by atoms with Crippen molar-refractivity contribution in [2.75, 3.05) is 0 Å². The summed E-state index contributed by atoms with van der Waals surface area (Å²) in [5.41, 5.74) is 0. The number of aldehydes is 1. The Balaban J connectivity index is 3.30. The van der Waals surface area contributed by atoms with Crippen LogP contribution in [0.1, 0.15) is 13.8 Å². The highest BCUT2D eigenvalue weighted by Crippen LogP contribution is 2.02. The molecule has 0 aromatic carbocycles. The molecule has 0 radical (unpaired) electrons. The van der Waals surface area contributed by atoms with Crippen LogP contribution in [-0.4, -0.2) is 6.29 Å². The molecule has 0 aliphatic heterocycles. The number of hydrogen-bond acceptors (Lipinski definition) is 2. The predicted molar refractivity (Wildman–Crippen MR) is 29.7 cm³/mol. The van der Waals surface area contributed by atoms with Gasteiger partial charge in [-0.2, -0.15) is 0 Å². The van der Waals surface area contributed by atoms with Crippen LogP contribution in [0.4, 0.5) is 0 Å². The van der Waals surface area contributed by atoms with Crippen LogP contribution in [-0.2, 0) is 0 Å². The molecule has 0 aliphatic carbocycles. The van der Waals surface area contributed by atoms with Gasteiger partial charge >= 0.3 is 0 Å². The summed E-state index contributed by atoms with van der Waals surface area (Å²) < 4.78 is 21.2. The van der Waals surface area contributed by atoms with E-state index in [9.17, 15) is 4.79 Å². The van der Waals surface area contributed by atoms with Crippen molar-refractivity contribution in [3.8, 4) is 0 Å². The van der Waals surface area contributed by atoms with Gasteiger partial charge in [-0.3, -0.25) is 4.79 Å². The summed E-state index contributed by atoms with van der Waals surface area (Å²) in [6.45, 7) is 0. The van der Waals surface area contributed by atoms with E-state index < -0.39 is 0 Å². The molecule has 0 saturated heterocycles. The van der Waals surface area contributed by atoms with Gasteiger partial charge in [0.05, 0.1) is 8.99 Å². The Bertz CT molecular complexity index is 268. The molecule has 36 valence electrons. The normalized spacial score (nSPS) is 14.6. The molecule has 0 fully saturated rings. The minimum Gasteiger partial charge on any atom is -0.297 e. The van der Waals surface area contributed by atoms with Crippen LogP contribution in [0.15, 0.2) is 17.4 Å². The van der Waals surface area contributed by atoms with Gasteiger partial charge in [0.25, 0.3) is 0 Å². The summed E-state index contributed by atoms with van der Waals surface area (Å²) in [5.74, 6) is 0. The summed E-state index contributed by atoms with van der Waals surface area (Å²) in [6.07, 6.45) is 0.503. The van der Waals surface area contributed by atoms with Gasteiger partial charge < -0.3 is 0 Å². The highest BCUT2D eigenvalue weighted by molar-refractivity contribution is 7.11. The van der Waals surface area contributed by atoms with Gasteiger partial charge in [0.1, 0.15) is 0 Å². The van der Waals surface area contributed by atoms with Crippen molar-refractivity contribution in [1.82, 2.24) is 0 Å². The number of thiophene rings is 1. The lowest BCUT2D eigenvalue weighted by Gasteiger charge is -1.66. The number of carbonyl (C=O) groups excluding carboxylic acids is 1. The fraction of sp³-hybridized carbons (Fsp3) is 0. The lowest BCUT2D eigenvalue weighted by Crippen LogP contribution is -1.61. The third kappa shape index (κ3) is 0.871. The molecule has 0 spiro atoms. The first kappa shape index (κ1) is 2.09. The van der Waals surface area contributed by atoms with Crippen LogP contribution in [0.3, 0.4) is 0 Å². The van der Waals surface area contributed by atoms with E-state index in [0.717, 1.165) is 11.3 Å². The zero-order chi connectivity index (χ0) is 7.72. The minimum atomic E-state index is -0.160. The topological polar surface area (TPSA) is 17.1 Å². The fourth-order valence-corrected chi connectivity index (χ4v) is 0.609. The standard InChI is InChI=1S/C5H4OS/c6-4-5-2-1-3-7-5/h1-4H/i1D,2D,3D. The van der Waals surface area contributed by atoms with Gasteiger partial charge in [-0.1, -0.05) is 6.04 Å². The van der Waals surface area contributed by atoms with E-state index >= 15 is 0 Å². The van der Waals surface area contributed by atoms with Crippen molar-refractivity contribution in [3.05, 3.63) is 22.3 Å². The van der Waals surface area contributed by atoms with Gasteiger partial charge in [0.2, 0.25) is 0 Å². The molecule has 0 amide bonds. The van der Waals surface area contributed by atoms with Crippen molar-refractivity contribution in [2.45, 2.75) is 0 Å². The molecule has 1 aromatic heterocycles. The molecule has 0 saturated carbocycles. The molecule has 1 aromatic rings. The largest absolute Gasteiger partial charge is 0.297 e. The monoisotopic (exact) mass is 115 g/mol. The van der Waals surface area contributed by atoms with E-state index in [1.165, 1.54) is 0 Å². The van der Waals surface area contributed by atoms with Crippen LogP contribution >= 0.6 is 11.3 Å². The molecule has 0 bridgehead atoms. The predicted octanol–water partition coefficient (Wildman–Crippen LogP) is 1.56. The summed E-state index contributed by atoms with van der Waals surface area (Å²) in [7, 11) is 0. The second-order valence-corrected chi connectivity index (χ2v) is 1.78. The summed E-state index contributed by atoms with van der Waals surface area (Å²) in [6, 6.07) is -0.294. The highest BCUT2D eigenvalue weighted by Gasteiger charge is 1.82. The average molecular weight is 115 g/mol. The van der Waals surface area contributed by atoms with Crippen LogP contribution in [0.25, 0.3) is 0 Å². The van der Waals surface area contributed by atoms with Crippen LogP contribution < -0.4 is 0 Å². The quantitative estimate of drug-likeness (QED) is 0.507. The second-order valence-electron chi connectivity index (χ2n) is 0.936. The molecule has 2 heteroatoms. The van der Waals surface area contributed by atoms with Crippen molar-refractivity contribution >= 4 is 17.6 Å². The van der Waals surface area contributed by atoms with Gasteiger partial charge in [0, 0.05) is 0 Å². The molecule has 1 nitrogen and oxygen atoms in total. The third-order valence-electron chi connectivity index (χ3n) is 0.505. The first-order valence-corrected chi connectivity index (χ1v) is 2.50. The maximum Gasteiger partial charge on any atom is 0.159 e. The minimum absolute atomic E-state index is 0.0212. The Morgan fingerprint density at radius 3 is 3.14 bits per heavy atom. The van der Waals surface area contributed by atoms with E-state index in [-0.39, 0.29) is 22.3 Å². The molecule has 1 rings (SSSR count). The Morgan fingerprint density at radius 1 is 2.00 bits per heavy atom. The summed E-state index contributed by atoms with van der Waals surface area (Å²) >= 11 is 0.865. The molecular formula is C5H4OS. The van der Waals surface area contributed by atoms with E-state index in [2.05, 4.69) is 0 Å². The molecule has 0 N–H and O–H groups in total. The number of carbonyl (C=O) groups is 1. The fourth-order valence-electron chi connectivity index (χ4n) is 0.247. The van der Waals surface area contributed by atoms with Crippen LogP contribution in [0.5, 0.6) is 0 Å². The van der Waals surface area contributed by atoms with E-state index in [0.29, 0.717) is 6.29 Å². The van der Waals surface area contributed by atoms with Crippen molar-refractivity contribution in [2.24, 2.45) is 0 Å². The molecular weight excluding hydrogens is 108 g/mol. The Morgan fingerprint density at radius 2 is 2.86 bits per heavy atom. The highest BCUT2D eigenvalue weighted by atomic mass is 32.1. The maximum absolute atomic E-state index is 10.1. The Labute approximate surface area is 49.8 Å².